The largest absolute Gasteiger partial charge is 0.508 e. The Morgan fingerprint density at radius 2 is 2.36 bits per heavy atom. The summed E-state index contributed by atoms with van der Waals surface area (Å²) in [5.41, 5.74) is 7.65. The lowest BCUT2D eigenvalue weighted by molar-refractivity contribution is 0.474. The van der Waals surface area contributed by atoms with Crippen molar-refractivity contribution in [3.63, 3.8) is 0 Å². The Kier molecular flexibility index (Phi) is 2.59. The van der Waals surface area contributed by atoms with Crippen molar-refractivity contribution in [2.75, 3.05) is 12.3 Å². The summed E-state index contributed by atoms with van der Waals surface area (Å²) in [6, 6.07) is 5.68. The highest BCUT2D eigenvalue weighted by molar-refractivity contribution is 5.50. The highest BCUT2D eigenvalue weighted by Gasteiger charge is 2.15. The first-order valence-electron chi connectivity index (χ1n) is 5.06. The van der Waals surface area contributed by atoms with Crippen molar-refractivity contribution in [2.45, 2.75) is 25.3 Å². The Labute approximate surface area is 83.9 Å². The van der Waals surface area contributed by atoms with Crippen molar-refractivity contribution >= 4 is 5.69 Å². The summed E-state index contributed by atoms with van der Waals surface area (Å²) >= 11 is 0. The third-order valence-electron chi connectivity index (χ3n) is 2.76. The predicted octanol–water partition coefficient (Wildman–Crippen LogP) is 1.27. The number of rotatable bonds is 2. The molecule has 4 N–H and O–H groups in total. The van der Waals surface area contributed by atoms with Crippen LogP contribution in [0.5, 0.6) is 5.75 Å². The number of hydrogen-bond acceptors (Lipinski definition) is 3. The first-order valence-corrected chi connectivity index (χ1v) is 5.06. The SMILES string of the molecule is Nc1ccc(O)cc1CC1CCCN1. The molecule has 1 saturated heterocycles. The van der Waals surface area contributed by atoms with Gasteiger partial charge in [0.25, 0.3) is 0 Å². The van der Waals surface area contributed by atoms with Crippen molar-refractivity contribution in [3.05, 3.63) is 23.8 Å². The molecule has 1 aromatic carbocycles. The molecular formula is C11H16N2O. The molecule has 76 valence electrons. The number of aromatic hydroxyl groups is 1. The number of nitrogen functional groups attached to an aromatic ring is 1. The summed E-state index contributed by atoms with van der Waals surface area (Å²) in [6.07, 6.45) is 3.36. The van der Waals surface area contributed by atoms with E-state index in [-0.39, 0.29) is 0 Å². The minimum Gasteiger partial charge on any atom is -0.508 e. The molecule has 1 atom stereocenters. The van der Waals surface area contributed by atoms with Gasteiger partial charge in [-0.2, -0.15) is 0 Å². The first kappa shape index (κ1) is 9.34. The van der Waals surface area contributed by atoms with Crippen LogP contribution in [0.3, 0.4) is 0 Å². The fourth-order valence-corrected chi connectivity index (χ4v) is 1.97. The quantitative estimate of drug-likeness (QED) is 0.488. The van der Waals surface area contributed by atoms with Crippen LogP contribution in [-0.2, 0) is 6.42 Å². The van der Waals surface area contributed by atoms with Crippen molar-refractivity contribution < 1.29 is 5.11 Å². The van der Waals surface area contributed by atoms with Gasteiger partial charge in [-0.05, 0) is 49.6 Å². The van der Waals surface area contributed by atoms with E-state index in [1.807, 2.05) is 0 Å². The van der Waals surface area contributed by atoms with Gasteiger partial charge in [0, 0.05) is 11.7 Å². The minimum absolute atomic E-state index is 0.298. The molecule has 0 amide bonds. The molecule has 0 radical (unpaired) electrons. The lowest BCUT2D eigenvalue weighted by Gasteiger charge is -2.12. The number of phenolic OH excluding ortho intramolecular Hbond substituents is 1. The molecule has 1 unspecified atom stereocenters. The monoisotopic (exact) mass is 192 g/mol. The normalized spacial score (nSPS) is 21.3. The van der Waals surface area contributed by atoms with Gasteiger partial charge < -0.3 is 16.2 Å². The molecule has 1 heterocycles. The summed E-state index contributed by atoms with van der Waals surface area (Å²) in [6.45, 7) is 1.10. The highest BCUT2D eigenvalue weighted by atomic mass is 16.3. The van der Waals surface area contributed by atoms with Crippen molar-refractivity contribution in [2.24, 2.45) is 0 Å². The molecule has 0 spiro atoms. The number of anilines is 1. The van der Waals surface area contributed by atoms with Gasteiger partial charge in [-0.15, -0.1) is 0 Å². The summed E-state index contributed by atoms with van der Waals surface area (Å²) in [5.74, 6) is 0.298. The number of nitrogens with one attached hydrogen (secondary N) is 1. The third-order valence-corrected chi connectivity index (χ3v) is 2.76. The molecule has 2 rings (SSSR count). The van der Waals surface area contributed by atoms with Crippen LogP contribution in [0.2, 0.25) is 0 Å². The Balaban J connectivity index is 2.10. The Hall–Kier alpha value is -1.22. The van der Waals surface area contributed by atoms with E-state index >= 15 is 0 Å². The molecule has 14 heavy (non-hydrogen) atoms. The highest BCUT2D eigenvalue weighted by Crippen LogP contribution is 2.21. The average Bonchev–Trinajstić information content (AvgIpc) is 2.64. The fraction of sp³-hybridized carbons (Fsp3) is 0.455. The van der Waals surface area contributed by atoms with E-state index < -0.39 is 0 Å². The van der Waals surface area contributed by atoms with Crippen LogP contribution in [0, 0.1) is 0 Å². The zero-order valence-electron chi connectivity index (χ0n) is 8.16. The number of benzene rings is 1. The summed E-state index contributed by atoms with van der Waals surface area (Å²) in [7, 11) is 0. The summed E-state index contributed by atoms with van der Waals surface area (Å²) in [4.78, 5) is 0. The van der Waals surface area contributed by atoms with E-state index in [9.17, 15) is 5.11 Å². The Morgan fingerprint density at radius 3 is 3.07 bits per heavy atom. The maximum absolute atomic E-state index is 9.34. The van der Waals surface area contributed by atoms with Crippen LogP contribution >= 0.6 is 0 Å². The van der Waals surface area contributed by atoms with Crippen molar-refractivity contribution in [1.29, 1.82) is 0 Å². The van der Waals surface area contributed by atoms with Gasteiger partial charge in [0.2, 0.25) is 0 Å². The molecule has 0 bridgehead atoms. The smallest absolute Gasteiger partial charge is 0.116 e. The van der Waals surface area contributed by atoms with Gasteiger partial charge in [0.05, 0.1) is 0 Å². The third kappa shape index (κ3) is 1.99. The zero-order chi connectivity index (χ0) is 9.97. The van der Waals surface area contributed by atoms with Crippen LogP contribution in [-0.4, -0.2) is 17.7 Å². The Bertz CT molecular complexity index is 319. The van der Waals surface area contributed by atoms with Gasteiger partial charge in [-0.3, -0.25) is 0 Å². The van der Waals surface area contributed by atoms with Crippen LogP contribution < -0.4 is 11.1 Å². The van der Waals surface area contributed by atoms with E-state index in [2.05, 4.69) is 5.32 Å². The number of nitrogens with two attached hydrogens (primary N) is 1. The second-order valence-electron chi connectivity index (χ2n) is 3.88. The fourth-order valence-electron chi connectivity index (χ4n) is 1.97. The van der Waals surface area contributed by atoms with E-state index in [1.54, 1.807) is 18.2 Å². The second-order valence-corrected chi connectivity index (χ2v) is 3.88. The maximum atomic E-state index is 9.34. The molecule has 1 fully saturated rings. The zero-order valence-corrected chi connectivity index (χ0v) is 8.16. The molecule has 0 aromatic heterocycles. The van der Waals surface area contributed by atoms with Crippen molar-refractivity contribution in [1.82, 2.24) is 5.32 Å². The molecule has 1 aliphatic rings. The van der Waals surface area contributed by atoms with Gasteiger partial charge in [-0.25, -0.2) is 0 Å². The number of hydrogen-bond donors (Lipinski definition) is 3. The standard InChI is InChI=1S/C11H16N2O/c12-11-4-3-10(14)7-8(11)6-9-2-1-5-13-9/h3-4,7,9,13-14H,1-2,5-6,12H2. The van der Waals surface area contributed by atoms with Crippen LogP contribution in [0.4, 0.5) is 5.69 Å². The van der Waals surface area contributed by atoms with E-state index in [0.717, 1.165) is 24.2 Å². The molecule has 1 aliphatic heterocycles. The number of phenols is 1. The average molecular weight is 192 g/mol. The van der Waals surface area contributed by atoms with E-state index in [0.29, 0.717) is 11.8 Å². The molecule has 1 aromatic rings. The molecular weight excluding hydrogens is 176 g/mol. The second kappa shape index (κ2) is 3.88. The predicted molar refractivity (Wildman–Crippen MR) is 57.2 cm³/mol. The Morgan fingerprint density at radius 1 is 1.50 bits per heavy atom. The lowest BCUT2D eigenvalue weighted by atomic mass is 10.0. The molecule has 3 nitrogen and oxygen atoms in total. The van der Waals surface area contributed by atoms with Gasteiger partial charge >= 0.3 is 0 Å². The first-order chi connectivity index (χ1) is 6.75. The van der Waals surface area contributed by atoms with Crippen LogP contribution in [0.25, 0.3) is 0 Å². The summed E-state index contributed by atoms with van der Waals surface area (Å²) in [5, 5.41) is 12.8. The topological polar surface area (TPSA) is 58.3 Å². The molecule has 3 heteroatoms. The minimum atomic E-state index is 0.298. The van der Waals surface area contributed by atoms with Crippen LogP contribution in [0.15, 0.2) is 18.2 Å². The van der Waals surface area contributed by atoms with Crippen molar-refractivity contribution in [3.8, 4) is 5.75 Å². The molecule has 0 aliphatic carbocycles. The van der Waals surface area contributed by atoms with Gasteiger partial charge in [0.15, 0.2) is 0 Å². The molecule has 0 saturated carbocycles. The van der Waals surface area contributed by atoms with E-state index in [4.69, 9.17) is 5.73 Å². The maximum Gasteiger partial charge on any atom is 0.116 e. The van der Waals surface area contributed by atoms with Gasteiger partial charge in [0.1, 0.15) is 5.75 Å². The van der Waals surface area contributed by atoms with Crippen LogP contribution in [0.1, 0.15) is 18.4 Å². The van der Waals surface area contributed by atoms with E-state index in [1.165, 1.54) is 12.8 Å². The summed E-state index contributed by atoms with van der Waals surface area (Å²) < 4.78 is 0. The van der Waals surface area contributed by atoms with Gasteiger partial charge in [-0.1, -0.05) is 0 Å². The lowest BCUT2D eigenvalue weighted by Crippen LogP contribution is -2.24.